The third-order valence-corrected chi connectivity index (χ3v) is 10.3. The van der Waals surface area contributed by atoms with Gasteiger partial charge in [-0.05, 0) is 68.4 Å². The Kier molecular flexibility index (Phi) is 5.92. The lowest BCUT2D eigenvalue weighted by Gasteiger charge is -2.14. The first kappa shape index (κ1) is 28.0. The summed E-state index contributed by atoms with van der Waals surface area (Å²) >= 11 is 0. The van der Waals surface area contributed by atoms with E-state index in [0.29, 0.717) is 17.5 Å². The fraction of sp³-hybridized carbons (Fsp3) is 0. The second-order valence-corrected chi connectivity index (χ2v) is 13.2. The number of benzene rings is 9. The summed E-state index contributed by atoms with van der Waals surface area (Å²) < 4.78 is 2.44. The predicted molar refractivity (Wildman–Crippen MR) is 211 cm³/mol. The van der Waals surface area contributed by atoms with Crippen LogP contribution in [0.1, 0.15) is 0 Å². The summed E-state index contributed by atoms with van der Waals surface area (Å²) in [7, 11) is 0. The Morgan fingerprint density at radius 3 is 1.57 bits per heavy atom. The summed E-state index contributed by atoms with van der Waals surface area (Å²) in [5.41, 5.74) is 8.66. The third-order valence-electron chi connectivity index (χ3n) is 10.3. The molecule has 0 fully saturated rings. The van der Waals surface area contributed by atoms with Crippen molar-refractivity contribution < 1.29 is 0 Å². The smallest absolute Gasteiger partial charge is 0.164 e. The lowest BCUT2D eigenvalue weighted by molar-refractivity contribution is 1.07. The van der Waals surface area contributed by atoms with Crippen LogP contribution in [0.5, 0.6) is 0 Å². The van der Waals surface area contributed by atoms with Crippen LogP contribution in [0, 0.1) is 0 Å². The van der Waals surface area contributed by atoms with Gasteiger partial charge in [0.2, 0.25) is 0 Å². The van der Waals surface area contributed by atoms with Crippen LogP contribution < -0.4 is 0 Å². The molecule has 2 aromatic heterocycles. The van der Waals surface area contributed by atoms with E-state index in [2.05, 4.69) is 114 Å². The van der Waals surface area contributed by atoms with Crippen LogP contribution in [-0.4, -0.2) is 19.5 Å². The average Bonchev–Trinajstić information content (AvgIpc) is 3.55. The van der Waals surface area contributed by atoms with Crippen molar-refractivity contribution in [1.29, 1.82) is 0 Å². The number of fused-ring (bicyclic) bond motifs is 1. The largest absolute Gasteiger partial charge is 0.309 e. The third kappa shape index (κ3) is 4.23. The molecule has 0 spiro atoms. The Bertz CT molecular complexity index is 3000. The van der Waals surface area contributed by atoms with Crippen LogP contribution >= 0.6 is 0 Å². The summed E-state index contributed by atoms with van der Waals surface area (Å²) in [6.07, 6.45) is 0. The summed E-state index contributed by atoms with van der Waals surface area (Å²) in [5, 5.41) is 10.4. The van der Waals surface area contributed by atoms with Gasteiger partial charge in [0.05, 0.1) is 11.0 Å². The summed E-state index contributed by atoms with van der Waals surface area (Å²) in [4.78, 5) is 15.0. The van der Waals surface area contributed by atoms with Gasteiger partial charge in [-0.1, -0.05) is 140 Å². The number of rotatable bonds is 5. The SMILES string of the molecule is c1ccc(-c2cc3c4cccc5ccc6ccc7c(c6c54)c3c(c2)n7-c2cccc(-c3nc(-c4ccccc4)nc(-c4ccccc4)n3)c2)cc1. The monoisotopic (exact) mass is 648 g/mol. The molecule has 9 aromatic carbocycles. The van der Waals surface area contributed by atoms with Gasteiger partial charge in [0.25, 0.3) is 0 Å². The van der Waals surface area contributed by atoms with Crippen molar-refractivity contribution in [2.24, 2.45) is 0 Å². The van der Waals surface area contributed by atoms with E-state index in [1.54, 1.807) is 0 Å². The van der Waals surface area contributed by atoms with E-state index in [9.17, 15) is 0 Å². The van der Waals surface area contributed by atoms with Crippen LogP contribution in [0.2, 0.25) is 0 Å². The first-order valence-electron chi connectivity index (χ1n) is 17.3. The molecule has 11 aromatic rings. The molecule has 0 saturated heterocycles. The Hall–Kier alpha value is -6.91. The molecule has 0 aliphatic rings. The molecule has 0 unspecified atom stereocenters. The Morgan fingerprint density at radius 1 is 0.314 bits per heavy atom. The van der Waals surface area contributed by atoms with Gasteiger partial charge < -0.3 is 4.57 Å². The molecule has 4 nitrogen and oxygen atoms in total. The minimum atomic E-state index is 0.639. The van der Waals surface area contributed by atoms with Gasteiger partial charge in [-0.3, -0.25) is 0 Å². The Labute approximate surface area is 293 Å². The van der Waals surface area contributed by atoms with E-state index in [1.165, 1.54) is 65.3 Å². The van der Waals surface area contributed by atoms with Crippen molar-refractivity contribution in [2.45, 2.75) is 0 Å². The molecule has 236 valence electrons. The van der Waals surface area contributed by atoms with E-state index >= 15 is 0 Å². The van der Waals surface area contributed by atoms with Crippen molar-refractivity contribution in [3.63, 3.8) is 0 Å². The topological polar surface area (TPSA) is 43.6 Å². The number of nitrogens with zero attached hydrogens (tertiary/aromatic N) is 4. The molecule has 0 aliphatic heterocycles. The fourth-order valence-corrected chi connectivity index (χ4v) is 8.05. The van der Waals surface area contributed by atoms with Crippen LogP contribution in [0.4, 0.5) is 0 Å². The second kappa shape index (κ2) is 10.8. The molecule has 51 heavy (non-hydrogen) atoms. The highest BCUT2D eigenvalue weighted by Crippen LogP contribution is 2.48. The van der Waals surface area contributed by atoms with Gasteiger partial charge in [0.1, 0.15) is 0 Å². The van der Waals surface area contributed by atoms with E-state index in [-0.39, 0.29) is 0 Å². The van der Waals surface area contributed by atoms with Crippen LogP contribution in [0.3, 0.4) is 0 Å². The number of hydrogen-bond donors (Lipinski definition) is 0. The van der Waals surface area contributed by atoms with Crippen LogP contribution in [-0.2, 0) is 0 Å². The maximum absolute atomic E-state index is 5.06. The predicted octanol–water partition coefficient (Wildman–Crippen LogP) is 12.0. The first-order chi connectivity index (χ1) is 25.3. The summed E-state index contributed by atoms with van der Waals surface area (Å²) in [5.74, 6) is 1.94. The van der Waals surface area contributed by atoms with E-state index < -0.39 is 0 Å². The normalized spacial score (nSPS) is 11.9. The maximum atomic E-state index is 5.06. The maximum Gasteiger partial charge on any atom is 0.164 e. The van der Waals surface area contributed by atoms with Crippen molar-refractivity contribution >= 4 is 54.1 Å². The highest BCUT2D eigenvalue weighted by molar-refractivity contribution is 6.40. The molecule has 0 amide bonds. The standard InChI is InChI=1S/C47H28N4/c1-4-12-29(13-5-1)35-27-38-37-21-11-18-30-22-23-31-24-25-39-44(42(31)41(30)37)43(38)40(28-35)51(39)36-20-10-19-34(26-36)47-49-45(32-14-6-2-7-15-32)48-46(50-47)33-16-8-3-9-17-33/h1-28H. The molecule has 0 radical (unpaired) electrons. The average molecular weight is 649 g/mol. The minimum Gasteiger partial charge on any atom is -0.309 e. The van der Waals surface area contributed by atoms with Gasteiger partial charge in [-0.2, -0.15) is 0 Å². The van der Waals surface area contributed by atoms with Crippen molar-refractivity contribution in [3.8, 4) is 51.0 Å². The van der Waals surface area contributed by atoms with Crippen molar-refractivity contribution in [3.05, 3.63) is 170 Å². The van der Waals surface area contributed by atoms with Crippen molar-refractivity contribution in [2.75, 3.05) is 0 Å². The Balaban J connectivity index is 1.21. The van der Waals surface area contributed by atoms with E-state index in [0.717, 1.165) is 22.4 Å². The molecule has 0 N–H and O–H groups in total. The van der Waals surface area contributed by atoms with Gasteiger partial charge in [0, 0.05) is 38.5 Å². The zero-order valence-corrected chi connectivity index (χ0v) is 27.5. The zero-order chi connectivity index (χ0) is 33.5. The molecule has 2 heterocycles. The van der Waals surface area contributed by atoms with Crippen molar-refractivity contribution in [1.82, 2.24) is 19.5 Å². The second-order valence-electron chi connectivity index (χ2n) is 13.2. The lowest BCUT2D eigenvalue weighted by Crippen LogP contribution is -2.01. The molecule has 0 bridgehead atoms. The highest BCUT2D eigenvalue weighted by Gasteiger charge is 2.23. The number of hydrogen-bond acceptors (Lipinski definition) is 3. The highest BCUT2D eigenvalue weighted by atomic mass is 15.0. The molecule has 0 atom stereocenters. The quantitative estimate of drug-likeness (QED) is 0.138. The van der Waals surface area contributed by atoms with Gasteiger partial charge >= 0.3 is 0 Å². The van der Waals surface area contributed by atoms with Gasteiger partial charge in [0.15, 0.2) is 17.5 Å². The Morgan fingerprint density at radius 2 is 0.882 bits per heavy atom. The molecule has 0 aliphatic carbocycles. The van der Waals surface area contributed by atoms with E-state index in [4.69, 9.17) is 15.0 Å². The summed E-state index contributed by atoms with van der Waals surface area (Å²) in [6, 6.07) is 60.2. The molecular weight excluding hydrogens is 621 g/mol. The van der Waals surface area contributed by atoms with Crippen LogP contribution in [0.25, 0.3) is 105 Å². The molecule has 11 rings (SSSR count). The van der Waals surface area contributed by atoms with Gasteiger partial charge in [-0.25, -0.2) is 15.0 Å². The molecular formula is C47H28N4. The number of aromatic nitrogens is 4. The van der Waals surface area contributed by atoms with E-state index in [1.807, 2.05) is 60.7 Å². The van der Waals surface area contributed by atoms with Gasteiger partial charge in [-0.15, -0.1) is 0 Å². The molecule has 0 saturated carbocycles. The van der Waals surface area contributed by atoms with Crippen LogP contribution in [0.15, 0.2) is 170 Å². The zero-order valence-electron chi connectivity index (χ0n) is 27.5. The fourth-order valence-electron chi connectivity index (χ4n) is 8.05. The lowest BCUT2D eigenvalue weighted by atomic mass is 9.88. The first-order valence-corrected chi connectivity index (χ1v) is 17.3. The summed E-state index contributed by atoms with van der Waals surface area (Å²) in [6.45, 7) is 0. The molecule has 4 heteroatoms. The minimum absolute atomic E-state index is 0.639.